The predicted octanol–water partition coefficient (Wildman–Crippen LogP) is 6.58. The van der Waals surface area contributed by atoms with Gasteiger partial charge in [-0.2, -0.15) is 44.2 Å². The summed E-state index contributed by atoms with van der Waals surface area (Å²) in [5.74, 6) is -0.421. The van der Waals surface area contributed by atoms with Gasteiger partial charge in [0.2, 0.25) is 0 Å². The van der Waals surface area contributed by atoms with Gasteiger partial charge >= 0.3 is 31.6 Å². The van der Waals surface area contributed by atoms with Crippen molar-refractivity contribution in [2.24, 2.45) is 11.8 Å². The minimum absolute atomic E-state index is 0. The fraction of sp³-hybridized carbons (Fsp3) is 0.476. The number of halogens is 1. The number of rotatable bonds is 15. The summed E-state index contributed by atoms with van der Waals surface area (Å²) in [6.45, 7) is 12.9. The van der Waals surface area contributed by atoms with E-state index in [0.29, 0.717) is 16.5 Å². The van der Waals surface area contributed by atoms with Crippen molar-refractivity contribution in [1.82, 2.24) is 19.4 Å². The van der Waals surface area contributed by atoms with Gasteiger partial charge in [-0.3, -0.25) is 12.7 Å². The van der Waals surface area contributed by atoms with E-state index in [2.05, 4.69) is 20.8 Å². The van der Waals surface area contributed by atoms with Gasteiger partial charge < -0.3 is 9.47 Å². The van der Waals surface area contributed by atoms with Gasteiger partial charge in [0.15, 0.2) is 0 Å². The van der Waals surface area contributed by atoms with Crippen LogP contribution in [0.25, 0.3) is 21.5 Å². The number of nitrogens with one attached hydrogen (secondary N) is 2. The molecule has 2 N–H and O–H groups in total. The second kappa shape index (κ2) is 25.3. The number of aryl methyl sites for hydroxylation is 1. The highest BCUT2D eigenvalue weighted by Gasteiger charge is 2.30. The van der Waals surface area contributed by atoms with Crippen LogP contribution in [0, 0.1) is 34.5 Å². The van der Waals surface area contributed by atoms with Crippen molar-refractivity contribution in [2.45, 2.75) is 86.9 Å². The summed E-state index contributed by atoms with van der Waals surface area (Å²) in [5, 5.41) is 21.2. The van der Waals surface area contributed by atoms with Gasteiger partial charge in [0.25, 0.3) is 20.2 Å². The third-order valence-corrected chi connectivity index (χ3v) is 11.3. The van der Waals surface area contributed by atoms with Crippen LogP contribution in [0.4, 0.5) is 15.3 Å². The molecule has 0 aliphatic heterocycles. The standard InChI is InChI=1S/C20H26N4O7S2.C16H18N2O3S.C5H10ClNO4S.CH4/c1-14(13-30-32(5,26)27)12-24(33(28,29)23-19(25)31-20(2,3)4)16-6-7-17-15(10-16)8-9-22-18(17)11-21;1-12(11-21-22(2,19)20)3-4-13-5-6-15-14(9-13)7-8-18-16(15)10-17;1-5(2,3)11-4(8)7-12(6,9)10;/h6-10,14H,12-13H2,1-5H3,(H,23,25);5-9,12H,3-4,11H2,1-2H3;1-3H3,(H,7,8);1H4/t14-;12-;;/m00../s1. The molecule has 0 spiro atoms. The van der Waals surface area contributed by atoms with Crippen LogP contribution >= 0.6 is 10.7 Å². The average Bonchev–Trinajstić information content (AvgIpc) is 3.17. The van der Waals surface area contributed by atoms with Gasteiger partial charge in [0.05, 0.1) is 31.4 Å². The van der Waals surface area contributed by atoms with E-state index < -0.39 is 69.0 Å². The first kappa shape index (κ1) is 60.6. The first-order valence-corrected chi connectivity index (χ1v) is 27.2. The predicted molar refractivity (Wildman–Crippen MR) is 258 cm³/mol. The molecular weight excluding hydrogens is 990 g/mol. The maximum Gasteiger partial charge on any atom is 0.422 e. The Morgan fingerprint density at radius 3 is 1.59 bits per heavy atom. The number of amides is 2. The largest absolute Gasteiger partial charge is 0.443 e. The molecule has 2 amide bonds. The van der Waals surface area contributed by atoms with Crippen molar-refractivity contribution in [1.29, 1.82) is 10.5 Å². The fourth-order valence-electron chi connectivity index (χ4n) is 5.39. The van der Waals surface area contributed by atoms with Crippen LogP contribution in [0.15, 0.2) is 60.9 Å². The Balaban J connectivity index is 0.000000567. The van der Waals surface area contributed by atoms with Crippen molar-refractivity contribution < 1.29 is 61.1 Å². The van der Waals surface area contributed by atoms with Gasteiger partial charge in [0.1, 0.15) is 34.7 Å². The summed E-state index contributed by atoms with van der Waals surface area (Å²) in [4.78, 5) is 30.9. The molecule has 21 nitrogen and oxygen atoms in total. The molecule has 0 aliphatic carbocycles. The number of nitriles is 2. The first-order valence-electron chi connectivity index (χ1n) is 19.8. The number of nitrogens with zero attached hydrogens (tertiary/aromatic N) is 5. The molecule has 2 heterocycles. The van der Waals surface area contributed by atoms with E-state index in [4.69, 9.17) is 29.0 Å². The second-order valence-corrected chi connectivity index (χ2v) is 24.1. The van der Waals surface area contributed by atoms with Crippen LogP contribution in [-0.2, 0) is 63.9 Å². The summed E-state index contributed by atoms with van der Waals surface area (Å²) in [6, 6.07) is 18.0. The Hall–Kier alpha value is -5.41. The van der Waals surface area contributed by atoms with Crippen molar-refractivity contribution in [3.05, 3.63) is 77.9 Å². The highest BCUT2D eigenvalue weighted by atomic mass is 35.7. The van der Waals surface area contributed by atoms with Gasteiger partial charge in [0, 0.05) is 40.4 Å². The molecule has 4 rings (SSSR count). The number of carbonyl (C=O) groups excluding carboxylic acids is 2. The number of hydrogen-bond donors (Lipinski definition) is 2. The number of fused-ring (bicyclic) bond motifs is 2. The second-order valence-electron chi connectivity index (χ2n) is 16.9. The smallest absolute Gasteiger partial charge is 0.422 e. The monoisotopic (exact) mass is 1050 g/mol. The number of hydrogen-bond acceptors (Lipinski definition) is 18. The van der Waals surface area contributed by atoms with Crippen LogP contribution in [0.2, 0.25) is 0 Å². The first-order chi connectivity index (χ1) is 30.6. The van der Waals surface area contributed by atoms with E-state index >= 15 is 0 Å². The Kier molecular flexibility index (Phi) is 22.5. The Morgan fingerprint density at radius 2 is 1.15 bits per heavy atom. The summed E-state index contributed by atoms with van der Waals surface area (Å²) < 4.78 is 115. The Morgan fingerprint density at radius 1 is 0.706 bits per heavy atom. The van der Waals surface area contributed by atoms with Gasteiger partial charge in [-0.25, -0.2) is 29.0 Å². The number of aromatic nitrogens is 2. The summed E-state index contributed by atoms with van der Waals surface area (Å²) >= 11 is 0. The number of pyridine rings is 2. The Bertz CT molecular complexity index is 2930. The zero-order valence-electron chi connectivity index (χ0n) is 38.4. The lowest BCUT2D eigenvalue weighted by Gasteiger charge is -2.28. The maximum atomic E-state index is 13.1. The molecule has 0 unspecified atom stereocenters. The molecule has 2 aromatic carbocycles. The Labute approximate surface area is 404 Å². The molecule has 0 bridgehead atoms. The molecule has 26 heteroatoms. The minimum Gasteiger partial charge on any atom is -0.443 e. The summed E-state index contributed by atoms with van der Waals surface area (Å²) in [7, 11) is -10.9. The number of ether oxygens (including phenoxy) is 2. The van der Waals surface area contributed by atoms with E-state index in [0.717, 1.165) is 46.0 Å². The molecule has 0 saturated heterocycles. The maximum absolute atomic E-state index is 13.1. The average molecular weight is 1050 g/mol. The summed E-state index contributed by atoms with van der Waals surface area (Å²) in [6.07, 6.45) is 4.41. The molecule has 2 aromatic heterocycles. The molecule has 0 saturated carbocycles. The number of benzene rings is 2. The lowest BCUT2D eigenvalue weighted by Crippen LogP contribution is -2.47. The fourth-order valence-corrected chi connectivity index (χ4v) is 7.99. The van der Waals surface area contributed by atoms with Crippen LogP contribution in [0.5, 0.6) is 0 Å². The minimum atomic E-state index is -4.46. The number of carbonyl (C=O) groups is 2. The van der Waals surface area contributed by atoms with Crippen LogP contribution in [-0.4, -0.2) is 99.3 Å². The third-order valence-electron chi connectivity index (χ3n) is 8.12. The van der Waals surface area contributed by atoms with Gasteiger partial charge in [-0.1, -0.05) is 39.5 Å². The van der Waals surface area contributed by atoms with Crippen molar-refractivity contribution >= 4 is 89.8 Å². The van der Waals surface area contributed by atoms with Crippen LogP contribution in [0.1, 0.15) is 86.2 Å². The van der Waals surface area contributed by atoms with Gasteiger partial charge in [-0.05, 0) is 113 Å². The topological polar surface area (TPSA) is 308 Å². The van der Waals surface area contributed by atoms with Crippen molar-refractivity contribution in [3.8, 4) is 12.1 Å². The summed E-state index contributed by atoms with van der Waals surface area (Å²) in [5.41, 5.74) is 0.263. The van der Waals surface area contributed by atoms with Crippen LogP contribution in [0.3, 0.4) is 0 Å². The SMILES string of the molecule is C.CC(C)(C)OC(=O)NS(=O)(=O)Cl.C[C@@H](CCc1ccc2c(C#N)nccc2c1)COS(C)(=O)=O.C[C@H](COS(C)(=O)=O)CN(c1ccc2c(C#N)nccc2c1)S(=O)(=O)NC(=O)OC(C)(C)C. The highest BCUT2D eigenvalue weighted by molar-refractivity contribution is 8.12. The molecule has 4 aromatic rings. The molecule has 376 valence electrons. The molecular formula is C42H58ClN7O14S4. The third kappa shape index (κ3) is 23.5. The molecule has 68 heavy (non-hydrogen) atoms. The normalized spacial score (nSPS) is 12.8. The van der Waals surface area contributed by atoms with E-state index in [1.165, 1.54) is 23.1 Å². The van der Waals surface area contributed by atoms with Crippen molar-refractivity contribution in [3.63, 3.8) is 0 Å². The van der Waals surface area contributed by atoms with E-state index in [-0.39, 0.29) is 44.5 Å². The van der Waals surface area contributed by atoms with Crippen LogP contribution < -0.4 is 13.7 Å². The lowest BCUT2D eigenvalue weighted by atomic mass is 9.99. The zero-order valence-corrected chi connectivity index (χ0v) is 42.4. The molecule has 0 aliphatic rings. The highest BCUT2D eigenvalue weighted by Crippen LogP contribution is 2.27. The molecule has 0 radical (unpaired) electrons. The van der Waals surface area contributed by atoms with E-state index in [1.54, 1.807) is 66.8 Å². The quantitative estimate of drug-likeness (QED) is 0.0938. The van der Waals surface area contributed by atoms with Crippen molar-refractivity contribution in [2.75, 3.05) is 36.6 Å². The van der Waals surface area contributed by atoms with E-state index in [9.17, 15) is 48.5 Å². The molecule has 2 atom stereocenters. The number of anilines is 1. The lowest BCUT2D eigenvalue weighted by molar-refractivity contribution is 0.0558. The molecule has 0 fully saturated rings. The van der Waals surface area contributed by atoms with E-state index in [1.807, 2.05) is 42.0 Å². The van der Waals surface area contributed by atoms with Gasteiger partial charge in [-0.15, -0.1) is 0 Å². The zero-order chi connectivity index (χ0) is 51.2.